The lowest BCUT2D eigenvalue weighted by Crippen LogP contribution is -2.35. The normalized spacial score (nSPS) is 12.7. The van der Waals surface area contributed by atoms with Crippen molar-refractivity contribution in [3.05, 3.63) is 39.9 Å². The number of aryl methyl sites for hydroxylation is 2. The smallest absolute Gasteiger partial charge is 0.125 e. The Kier molecular flexibility index (Phi) is 6.09. The highest BCUT2D eigenvalue weighted by atomic mass is 35.5. The Bertz CT molecular complexity index is 463. The fourth-order valence-corrected chi connectivity index (χ4v) is 2.02. The number of nitrogens with one attached hydrogen (secondary N) is 1. The van der Waals surface area contributed by atoms with Crippen LogP contribution in [-0.2, 0) is 6.54 Å². The van der Waals surface area contributed by atoms with Crippen molar-refractivity contribution in [2.75, 3.05) is 6.61 Å². The third-order valence-corrected chi connectivity index (χ3v) is 3.35. The zero-order chi connectivity index (χ0) is 15.3. The number of hydrogen-bond donors (Lipinski definition) is 1. The zero-order valence-corrected chi connectivity index (χ0v) is 14.2. The molecule has 0 saturated carbocycles. The summed E-state index contributed by atoms with van der Waals surface area (Å²) in [4.78, 5) is 0. The van der Waals surface area contributed by atoms with Crippen LogP contribution in [0.3, 0.4) is 0 Å². The molecule has 0 atom stereocenters. The van der Waals surface area contributed by atoms with E-state index in [9.17, 15) is 0 Å². The van der Waals surface area contributed by atoms with Gasteiger partial charge in [-0.25, -0.2) is 0 Å². The molecule has 0 aliphatic rings. The molecule has 0 radical (unpaired) electrons. The van der Waals surface area contributed by atoms with Crippen LogP contribution in [-0.4, -0.2) is 12.1 Å². The minimum absolute atomic E-state index is 0.124. The zero-order valence-electron chi connectivity index (χ0n) is 13.4. The molecule has 0 amide bonds. The highest BCUT2D eigenvalue weighted by molar-refractivity contribution is 6.25. The second-order valence-electron chi connectivity index (χ2n) is 6.41. The Balaban J connectivity index is 2.81. The number of halogens is 1. The molecule has 0 heterocycles. The van der Waals surface area contributed by atoms with Crippen LogP contribution in [0.15, 0.2) is 23.2 Å². The van der Waals surface area contributed by atoms with Gasteiger partial charge in [0.25, 0.3) is 0 Å². The van der Waals surface area contributed by atoms with E-state index in [0.29, 0.717) is 6.61 Å². The summed E-state index contributed by atoms with van der Waals surface area (Å²) in [5, 5.41) is 3.50. The molecule has 1 N–H and O–H groups in total. The van der Waals surface area contributed by atoms with Gasteiger partial charge in [0.15, 0.2) is 0 Å². The van der Waals surface area contributed by atoms with Crippen molar-refractivity contribution in [3.63, 3.8) is 0 Å². The van der Waals surface area contributed by atoms with Crippen molar-refractivity contribution in [2.45, 2.75) is 53.6 Å². The molecule has 0 unspecified atom stereocenters. The first-order valence-corrected chi connectivity index (χ1v) is 7.40. The summed E-state index contributed by atoms with van der Waals surface area (Å²) in [5.74, 6) is 0.961. The van der Waals surface area contributed by atoms with Gasteiger partial charge >= 0.3 is 0 Å². The predicted octanol–water partition coefficient (Wildman–Crippen LogP) is 4.71. The van der Waals surface area contributed by atoms with E-state index in [-0.39, 0.29) is 5.54 Å². The van der Waals surface area contributed by atoms with E-state index >= 15 is 0 Å². The van der Waals surface area contributed by atoms with Crippen molar-refractivity contribution in [2.24, 2.45) is 0 Å². The fraction of sp³-hybridized carbons (Fsp3) is 0.529. The standard InChI is InChI=1S/C17H26ClNO/c1-12(9-18)11-20-16-13(2)7-15(8-14(16)3)10-19-17(4,5)6/h7-9,19H,10-11H2,1-6H3. The van der Waals surface area contributed by atoms with E-state index < -0.39 is 0 Å². The lowest BCUT2D eigenvalue weighted by atomic mass is 10.0. The van der Waals surface area contributed by atoms with E-state index in [1.807, 2.05) is 6.92 Å². The van der Waals surface area contributed by atoms with Crippen LogP contribution >= 0.6 is 11.6 Å². The van der Waals surface area contributed by atoms with Gasteiger partial charge < -0.3 is 10.1 Å². The van der Waals surface area contributed by atoms with Crippen LogP contribution in [0.25, 0.3) is 0 Å². The lowest BCUT2D eigenvalue weighted by molar-refractivity contribution is 0.347. The van der Waals surface area contributed by atoms with Crippen molar-refractivity contribution >= 4 is 11.6 Å². The van der Waals surface area contributed by atoms with Gasteiger partial charge in [-0.05, 0) is 63.8 Å². The monoisotopic (exact) mass is 295 g/mol. The quantitative estimate of drug-likeness (QED) is 0.849. The first-order valence-electron chi connectivity index (χ1n) is 6.97. The number of rotatable bonds is 5. The van der Waals surface area contributed by atoms with Crippen LogP contribution in [0.4, 0.5) is 0 Å². The molecule has 20 heavy (non-hydrogen) atoms. The summed E-state index contributed by atoms with van der Waals surface area (Å²) in [6.45, 7) is 14.0. The first-order chi connectivity index (χ1) is 9.23. The number of benzene rings is 1. The molecule has 2 nitrogen and oxygen atoms in total. The topological polar surface area (TPSA) is 21.3 Å². The SMILES string of the molecule is CC(=CCl)COc1c(C)cc(CNC(C)(C)C)cc1C. The van der Waals surface area contributed by atoms with Gasteiger partial charge in [0, 0.05) is 17.6 Å². The average Bonchev–Trinajstić information content (AvgIpc) is 2.34. The molecule has 0 fully saturated rings. The van der Waals surface area contributed by atoms with Gasteiger partial charge in [0.2, 0.25) is 0 Å². The van der Waals surface area contributed by atoms with Gasteiger partial charge in [-0.2, -0.15) is 0 Å². The van der Waals surface area contributed by atoms with E-state index in [2.05, 4.69) is 52.1 Å². The van der Waals surface area contributed by atoms with Gasteiger partial charge in [-0.15, -0.1) is 0 Å². The number of hydrogen-bond acceptors (Lipinski definition) is 2. The summed E-state index contributed by atoms with van der Waals surface area (Å²) >= 11 is 5.66. The second kappa shape index (κ2) is 7.14. The van der Waals surface area contributed by atoms with Crippen molar-refractivity contribution in [1.29, 1.82) is 0 Å². The molecular weight excluding hydrogens is 270 g/mol. The van der Waals surface area contributed by atoms with Gasteiger partial charge in [0.1, 0.15) is 12.4 Å². The third kappa shape index (κ3) is 5.56. The molecule has 0 aliphatic carbocycles. The molecule has 0 aliphatic heterocycles. The van der Waals surface area contributed by atoms with Crippen molar-refractivity contribution in [1.82, 2.24) is 5.32 Å². The molecular formula is C17H26ClNO. The van der Waals surface area contributed by atoms with E-state index in [1.54, 1.807) is 5.54 Å². The minimum atomic E-state index is 0.124. The highest BCUT2D eigenvalue weighted by Crippen LogP contribution is 2.25. The highest BCUT2D eigenvalue weighted by Gasteiger charge is 2.11. The van der Waals surface area contributed by atoms with Crippen molar-refractivity contribution < 1.29 is 4.74 Å². The van der Waals surface area contributed by atoms with Crippen LogP contribution in [0.2, 0.25) is 0 Å². The summed E-state index contributed by atoms with van der Waals surface area (Å²) in [6.07, 6.45) is 0. The van der Waals surface area contributed by atoms with Gasteiger partial charge in [0.05, 0.1) is 0 Å². The molecule has 3 heteroatoms. The molecule has 0 aromatic heterocycles. The van der Waals surface area contributed by atoms with Crippen LogP contribution in [0.5, 0.6) is 5.75 Å². The maximum Gasteiger partial charge on any atom is 0.125 e. The molecule has 1 aromatic rings. The molecule has 0 saturated heterocycles. The first kappa shape index (κ1) is 17.1. The predicted molar refractivity (Wildman–Crippen MR) is 87.6 cm³/mol. The minimum Gasteiger partial charge on any atom is -0.489 e. The maximum atomic E-state index is 5.85. The number of ether oxygens (including phenoxy) is 1. The summed E-state index contributed by atoms with van der Waals surface area (Å²) < 4.78 is 5.85. The maximum absolute atomic E-state index is 5.85. The summed E-state index contributed by atoms with van der Waals surface area (Å²) in [7, 11) is 0. The van der Waals surface area contributed by atoms with Crippen LogP contribution in [0, 0.1) is 13.8 Å². The molecule has 112 valence electrons. The van der Waals surface area contributed by atoms with Crippen molar-refractivity contribution in [3.8, 4) is 5.75 Å². The van der Waals surface area contributed by atoms with E-state index in [1.165, 1.54) is 5.56 Å². The largest absolute Gasteiger partial charge is 0.489 e. The molecule has 0 spiro atoms. The second-order valence-corrected chi connectivity index (χ2v) is 6.62. The molecule has 1 rings (SSSR count). The lowest BCUT2D eigenvalue weighted by Gasteiger charge is -2.21. The Labute approximate surface area is 128 Å². The summed E-state index contributed by atoms with van der Waals surface area (Å²) in [6, 6.07) is 4.36. The third-order valence-electron chi connectivity index (χ3n) is 2.97. The van der Waals surface area contributed by atoms with E-state index in [0.717, 1.165) is 29.0 Å². The van der Waals surface area contributed by atoms with Gasteiger partial charge in [-0.3, -0.25) is 0 Å². The average molecular weight is 296 g/mol. The van der Waals surface area contributed by atoms with Crippen LogP contribution < -0.4 is 10.1 Å². The molecule has 0 bridgehead atoms. The Morgan fingerprint density at radius 2 is 1.80 bits per heavy atom. The van der Waals surface area contributed by atoms with Gasteiger partial charge in [-0.1, -0.05) is 23.7 Å². The Hall–Kier alpha value is -0.990. The van der Waals surface area contributed by atoms with Crippen LogP contribution in [0.1, 0.15) is 44.4 Å². The summed E-state index contributed by atoms with van der Waals surface area (Å²) in [5.41, 5.74) is 6.32. The Morgan fingerprint density at radius 3 is 2.25 bits per heavy atom. The Morgan fingerprint density at radius 1 is 1.25 bits per heavy atom. The fourth-order valence-electron chi connectivity index (χ4n) is 1.95. The van der Waals surface area contributed by atoms with E-state index in [4.69, 9.17) is 16.3 Å². The molecule has 1 aromatic carbocycles.